The van der Waals surface area contributed by atoms with Crippen molar-refractivity contribution < 1.29 is 0 Å². The maximum atomic E-state index is 4.39. The summed E-state index contributed by atoms with van der Waals surface area (Å²) in [6, 6.07) is 0.460. The predicted octanol–water partition coefficient (Wildman–Crippen LogP) is 2.27. The fourth-order valence-electron chi connectivity index (χ4n) is 4.11. The molecule has 1 aliphatic heterocycles. The zero-order valence-corrected chi connectivity index (χ0v) is 15.6. The van der Waals surface area contributed by atoms with Gasteiger partial charge in [0.1, 0.15) is 0 Å². The maximum absolute atomic E-state index is 4.39. The molecule has 1 aliphatic rings. The summed E-state index contributed by atoms with van der Waals surface area (Å²) in [7, 11) is 6.47. The number of nitrogens with one attached hydrogen (secondary N) is 1. The number of aromatic nitrogens is 4. The quantitative estimate of drug-likeness (QED) is 0.914. The highest BCUT2D eigenvalue weighted by atomic mass is 15.3. The van der Waals surface area contributed by atoms with Gasteiger partial charge in [-0.3, -0.25) is 14.7 Å². The summed E-state index contributed by atoms with van der Waals surface area (Å²) in [5, 5.41) is 11.8. The predicted molar refractivity (Wildman–Crippen MR) is 95.7 cm³/mol. The molecular weight excluding hydrogens is 300 g/mol. The van der Waals surface area contributed by atoms with E-state index in [4.69, 9.17) is 0 Å². The van der Waals surface area contributed by atoms with Crippen LogP contribution in [-0.4, -0.2) is 57.0 Å². The van der Waals surface area contributed by atoms with Crippen LogP contribution in [0.15, 0.2) is 12.4 Å². The van der Waals surface area contributed by atoms with Gasteiger partial charge in [0.25, 0.3) is 0 Å². The van der Waals surface area contributed by atoms with E-state index in [1.54, 1.807) is 0 Å². The van der Waals surface area contributed by atoms with Crippen LogP contribution in [0, 0.1) is 19.8 Å². The minimum absolute atomic E-state index is 0.460. The third-order valence-electron chi connectivity index (χ3n) is 5.33. The van der Waals surface area contributed by atoms with Gasteiger partial charge in [-0.1, -0.05) is 0 Å². The third kappa shape index (κ3) is 3.54. The number of piperidine rings is 1. The van der Waals surface area contributed by atoms with Crippen molar-refractivity contribution in [1.82, 2.24) is 29.8 Å². The molecule has 24 heavy (non-hydrogen) atoms. The number of likely N-dealkylation sites (tertiary alicyclic amines) is 1. The topological polar surface area (TPSA) is 53.0 Å². The van der Waals surface area contributed by atoms with Crippen LogP contribution in [0.1, 0.15) is 41.4 Å². The molecule has 6 nitrogen and oxygen atoms in total. The smallest absolute Gasteiger partial charge is 0.0639 e. The van der Waals surface area contributed by atoms with Crippen molar-refractivity contribution >= 4 is 0 Å². The molecule has 2 aromatic heterocycles. The molecule has 2 atom stereocenters. The van der Waals surface area contributed by atoms with E-state index < -0.39 is 0 Å². The van der Waals surface area contributed by atoms with Gasteiger partial charge in [-0.05, 0) is 53.2 Å². The number of rotatable bonds is 5. The summed E-state index contributed by atoms with van der Waals surface area (Å²) >= 11 is 0. The van der Waals surface area contributed by atoms with Gasteiger partial charge >= 0.3 is 0 Å². The molecule has 1 N–H and O–H groups in total. The Kier molecular flexibility index (Phi) is 5.06. The van der Waals surface area contributed by atoms with Crippen LogP contribution in [0.3, 0.4) is 0 Å². The van der Waals surface area contributed by atoms with E-state index in [0.29, 0.717) is 12.0 Å². The summed E-state index contributed by atoms with van der Waals surface area (Å²) in [6.07, 6.45) is 6.75. The van der Waals surface area contributed by atoms with Crippen LogP contribution in [0.2, 0.25) is 0 Å². The van der Waals surface area contributed by atoms with Gasteiger partial charge in [0.05, 0.1) is 11.9 Å². The summed E-state index contributed by atoms with van der Waals surface area (Å²) in [5.41, 5.74) is 4.97. The lowest BCUT2D eigenvalue weighted by molar-refractivity contribution is 0.0925. The maximum Gasteiger partial charge on any atom is 0.0639 e. The van der Waals surface area contributed by atoms with Crippen LogP contribution in [0.4, 0.5) is 0 Å². The molecule has 2 aromatic rings. The lowest BCUT2D eigenvalue weighted by Gasteiger charge is -2.40. The van der Waals surface area contributed by atoms with Crippen molar-refractivity contribution in [1.29, 1.82) is 0 Å². The standard InChI is InChI=1S/C18H30N6/c1-13-17(14(2)21-20-13)12-22(3)10-15-7-6-8-23(4)18(15)16-9-19-24(5)11-16/h9,11,15,18H,6-8,10,12H2,1-5H3,(H,20,21)/t15-,18+/m0/s1. The minimum Gasteiger partial charge on any atom is -0.302 e. The van der Waals surface area contributed by atoms with E-state index in [2.05, 4.69) is 59.2 Å². The average Bonchev–Trinajstić information content (AvgIpc) is 3.08. The summed E-state index contributed by atoms with van der Waals surface area (Å²) in [5.74, 6) is 0.630. The second-order valence-electron chi connectivity index (χ2n) is 7.38. The highest BCUT2D eigenvalue weighted by Gasteiger charge is 2.32. The molecule has 3 heterocycles. The van der Waals surface area contributed by atoms with Crippen LogP contribution < -0.4 is 0 Å². The number of hydrogen-bond donors (Lipinski definition) is 1. The lowest BCUT2D eigenvalue weighted by Crippen LogP contribution is -2.40. The Morgan fingerprint density at radius 3 is 2.75 bits per heavy atom. The first kappa shape index (κ1) is 17.2. The minimum atomic E-state index is 0.460. The first-order valence-electron chi connectivity index (χ1n) is 8.83. The van der Waals surface area contributed by atoms with Crippen molar-refractivity contribution in [3.63, 3.8) is 0 Å². The van der Waals surface area contributed by atoms with Gasteiger partial charge in [0.15, 0.2) is 0 Å². The van der Waals surface area contributed by atoms with Crippen molar-refractivity contribution in [3.05, 3.63) is 34.9 Å². The van der Waals surface area contributed by atoms with E-state index >= 15 is 0 Å². The zero-order chi connectivity index (χ0) is 17.3. The fourth-order valence-corrected chi connectivity index (χ4v) is 4.11. The average molecular weight is 330 g/mol. The molecule has 0 aliphatic carbocycles. The second-order valence-corrected chi connectivity index (χ2v) is 7.38. The van der Waals surface area contributed by atoms with E-state index in [9.17, 15) is 0 Å². The second kappa shape index (κ2) is 7.07. The Balaban J connectivity index is 1.71. The normalized spacial score (nSPS) is 22.4. The van der Waals surface area contributed by atoms with Gasteiger partial charge in [0, 0.05) is 49.2 Å². The van der Waals surface area contributed by atoms with Gasteiger partial charge in [-0.15, -0.1) is 0 Å². The van der Waals surface area contributed by atoms with E-state index in [1.807, 2.05) is 17.9 Å². The van der Waals surface area contributed by atoms with Crippen LogP contribution in [0.25, 0.3) is 0 Å². The summed E-state index contributed by atoms with van der Waals surface area (Å²) < 4.78 is 1.91. The zero-order valence-electron chi connectivity index (χ0n) is 15.6. The molecule has 0 amide bonds. The largest absolute Gasteiger partial charge is 0.302 e. The summed E-state index contributed by atoms with van der Waals surface area (Å²) in [6.45, 7) is 7.40. The molecule has 0 radical (unpaired) electrons. The number of nitrogens with zero attached hydrogens (tertiary/aromatic N) is 5. The number of aromatic amines is 1. The third-order valence-corrected chi connectivity index (χ3v) is 5.33. The van der Waals surface area contributed by atoms with Gasteiger partial charge in [-0.2, -0.15) is 10.2 Å². The Morgan fingerprint density at radius 2 is 2.12 bits per heavy atom. The van der Waals surface area contributed by atoms with E-state index in [0.717, 1.165) is 18.8 Å². The van der Waals surface area contributed by atoms with Gasteiger partial charge in [0.2, 0.25) is 0 Å². The SMILES string of the molecule is Cc1n[nH]c(C)c1CN(C)C[C@@H]1CCCN(C)[C@H]1c1cnn(C)c1. The molecule has 0 unspecified atom stereocenters. The van der Waals surface area contributed by atoms with Crippen molar-refractivity contribution in [2.24, 2.45) is 13.0 Å². The lowest BCUT2D eigenvalue weighted by atomic mass is 9.85. The number of hydrogen-bond acceptors (Lipinski definition) is 4. The summed E-state index contributed by atoms with van der Waals surface area (Å²) in [4.78, 5) is 4.94. The first-order chi connectivity index (χ1) is 11.5. The van der Waals surface area contributed by atoms with E-state index in [-0.39, 0.29) is 0 Å². The molecule has 3 rings (SSSR count). The van der Waals surface area contributed by atoms with Crippen molar-refractivity contribution in [2.45, 2.75) is 39.3 Å². The fraction of sp³-hybridized carbons (Fsp3) is 0.667. The first-order valence-corrected chi connectivity index (χ1v) is 8.83. The molecular formula is C18H30N6. The molecule has 132 valence electrons. The highest BCUT2D eigenvalue weighted by Crippen LogP contribution is 2.35. The highest BCUT2D eigenvalue weighted by molar-refractivity contribution is 5.23. The van der Waals surface area contributed by atoms with Crippen LogP contribution in [-0.2, 0) is 13.6 Å². The van der Waals surface area contributed by atoms with Crippen molar-refractivity contribution in [2.75, 3.05) is 27.2 Å². The molecule has 0 bridgehead atoms. The molecule has 0 aromatic carbocycles. The monoisotopic (exact) mass is 330 g/mol. The number of H-pyrrole nitrogens is 1. The molecule has 0 saturated carbocycles. The van der Waals surface area contributed by atoms with E-state index in [1.165, 1.54) is 36.2 Å². The molecule has 1 saturated heterocycles. The molecule has 6 heteroatoms. The van der Waals surface area contributed by atoms with Gasteiger partial charge in [-0.25, -0.2) is 0 Å². The van der Waals surface area contributed by atoms with Crippen LogP contribution in [0.5, 0.6) is 0 Å². The number of aryl methyl sites for hydroxylation is 3. The Bertz CT molecular complexity index is 653. The Morgan fingerprint density at radius 1 is 1.33 bits per heavy atom. The Labute approximate surface area is 144 Å². The Hall–Kier alpha value is -1.66. The molecule has 1 fully saturated rings. The van der Waals surface area contributed by atoms with Gasteiger partial charge < -0.3 is 4.90 Å². The molecule has 0 spiro atoms. The van der Waals surface area contributed by atoms with Crippen molar-refractivity contribution in [3.8, 4) is 0 Å². The van der Waals surface area contributed by atoms with Crippen LogP contribution >= 0.6 is 0 Å².